The van der Waals surface area contributed by atoms with E-state index in [2.05, 4.69) is 4.90 Å². The molecule has 1 N–H and O–H groups in total. The third kappa shape index (κ3) is 2.83. The second-order valence-corrected chi connectivity index (χ2v) is 7.74. The van der Waals surface area contributed by atoms with Gasteiger partial charge in [-0.3, -0.25) is 9.69 Å². The maximum absolute atomic E-state index is 13.8. The van der Waals surface area contributed by atoms with Crippen LogP contribution in [0.25, 0.3) is 10.1 Å². The average molecular weight is 348 g/mol. The van der Waals surface area contributed by atoms with Crippen LogP contribution in [0.15, 0.2) is 24.3 Å². The lowest BCUT2D eigenvalue weighted by Gasteiger charge is -2.38. The van der Waals surface area contributed by atoms with Crippen LogP contribution in [0.4, 0.5) is 4.39 Å². The van der Waals surface area contributed by atoms with E-state index in [-0.39, 0.29) is 23.9 Å². The first-order chi connectivity index (χ1) is 11.6. The van der Waals surface area contributed by atoms with Gasteiger partial charge in [-0.05, 0) is 37.5 Å². The smallest absolute Gasteiger partial charge is 0.264 e. The standard InChI is InChI=1S/C18H21FN2O2S/c19-13-3-1-6-16-12(13)11-17(24-16)18(23)21-9-7-20(8-10-21)14-4-2-5-15(14)22/h1,3,6,11,14-15,22H,2,4-5,7-10H2/t14-,15-/m1/s1. The Morgan fingerprint density at radius 2 is 2.00 bits per heavy atom. The Kier molecular flexibility index (Phi) is 4.28. The van der Waals surface area contributed by atoms with E-state index in [9.17, 15) is 14.3 Å². The number of aliphatic hydroxyl groups is 1. The van der Waals surface area contributed by atoms with Crippen molar-refractivity contribution in [1.82, 2.24) is 9.80 Å². The molecule has 0 spiro atoms. The number of rotatable bonds is 2. The predicted octanol–water partition coefficient (Wildman–Crippen LogP) is 2.71. The lowest BCUT2D eigenvalue weighted by Crippen LogP contribution is -2.53. The first-order valence-corrected chi connectivity index (χ1v) is 9.34. The molecule has 1 amide bonds. The van der Waals surface area contributed by atoms with Crippen molar-refractivity contribution in [2.45, 2.75) is 31.4 Å². The molecule has 1 aromatic carbocycles. The summed E-state index contributed by atoms with van der Waals surface area (Å²) in [7, 11) is 0. The van der Waals surface area contributed by atoms with Crippen LogP contribution in [0.5, 0.6) is 0 Å². The Hall–Kier alpha value is -1.50. The SMILES string of the molecule is O=C(c1cc2c(F)cccc2s1)N1CCN([C@@H]2CCC[C@H]2O)CC1. The van der Waals surface area contributed by atoms with E-state index in [1.165, 1.54) is 17.4 Å². The summed E-state index contributed by atoms with van der Waals surface area (Å²) in [6.07, 6.45) is 2.79. The molecule has 1 aliphatic heterocycles. The number of benzene rings is 1. The highest BCUT2D eigenvalue weighted by atomic mass is 32.1. The van der Waals surface area contributed by atoms with Gasteiger partial charge in [-0.1, -0.05) is 6.07 Å². The fourth-order valence-corrected chi connectivity index (χ4v) is 4.93. The minimum Gasteiger partial charge on any atom is -0.391 e. The zero-order valence-corrected chi connectivity index (χ0v) is 14.3. The number of piperazine rings is 1. The molecule has 1 aliphatic carbocycles. The maximum Gasteiger partial charge on any atom is 0.264 e. The second kappa shape index (κ2) is 6.43. The number of carbonyl (C=O) groups is 1. The predicted molar refractivity (Wildman–Crippen MR) is 92.9 cm³/mol. The van der Waals surface area contributed by atoms with Gasteiger partial charge < -0.3 is 10.0 Å². The Morgan fingerprint density at radius 3 is 2.67 bits per heavy atom. The number of halogens is 1. The molecule has 24 heavy (non-hydrogen) atoms. The Labute approximate surface area is 144 Å². The van der Waals surface area contributed by atoms with Gasteiger partial charge in [0.25, 0.3) is 5.91 Å². The summed E-state index contributed by atoms with van der Waals surface area (Å²) >= 11 is 1.35. The van der Waals surface area contributed by atoms with Gasteiger partial charge in [0.2, 0.25) is 0 Å². The quantitative estimate of drug-likeness (QED) is 0.908. The van der Waals surface area contributed by atoms with Gasteiger partial charge in [-0.2, -0.15) is 0 Å². The molecule has 4 rings (SSSR count). The number of fused-ring (bicyclic) bond motifs is 1. The van der Waals surface area contributed by atoms with Crippen molar-refractivity contribution < 1.29 is 14.3 Å². The number of thiophene rings is 1. The van der Waals surface area contributed by atoms with Gasteiger partial charge in [0.15, 0.2) is 0 Å². The molecule has 2 heterocycles. The first kappa shape index (κ1) is 16.0. The molecule has 2 atom stereocenters. The van der Waals surface area contributed by atoms with Crippen molar-refractivity contribution in [3.05, 3.63) is 35.0 Å². The van der Waals surface area contributed by atoms with Gasteiger partial charge in [0.05, 0.1) is 11.0 Å². The van der Waals surface area contributed by atoms with Crippen LogP contribution in [0.1, 0.15) is 28.9 Å². The van der Waals surface area contributed by atoms with Crippen molar-refractivity contribution in [2.75, 3.05) is 26.2 Å². The minimum absolute atomic E-state index is 0.0118. The summed E-state index contributed by atoms with van der Waals surface area (Å²) in [5.74, 6) is -0.287. The molecule has 128 valence electrons. The number of hydrogen-bond donors (Lipinski definition) is 1. The Balaban J connectivity index is 1.44. The maximum atomic E-state index is 13.8. The number of aliphatic hydroxyl groups excluding tert-OH is 1. The van der Waals surface area contributed by atoms with Gasteiger partial charge in [-0.15, -0.1) is 11.3 Å². The summed E-state index contributed by atoms with van der Waals surface area (Å²) in [6, 6.07) is 6.87. The van der Waals surface area contributed by atoms with Crippen LogP contribution in [0, 0.1) is 5.82 Å². The van der Waals surface area contributed by atoms with Crippen molar-refractivity contribution in [2.24, 2.45) is 0 Å². The second-order valence-electron chi connectivity index (χ2n) is 6.66. The third-order valence-electron chi connectivity index (χ3n) is 5.23. The topological polar surface area (TPSA) is 43.8 Å². The van der Waals surface area contributed by atoms with Gasteiger partial charge in [-0.25, -0.2) is 4.39 Å². The van der Waals surface area contributed by atoms with Crippen LogP contribution in [0.2, 0.25) is 0 Å². The normalized spacial score (nSPS) is 25.5. The van der Waals surface area contributed by atoms with Gasteiger partial charge in [0.1, 0.15) is 5.82 Å². The van der Waals surface area contributed by atoms with Gasteiger partial charge in [0, 0.05) is 42.3 Å². The lowest BCUT2D eigenvalue weighted by atomic mass is 10.1. The van der Waals surface area contributed by atoms with Crippen LogP contribution in [0.3, 0.4) is 0 Å². The molecule has 0 radical (unpaired) electrons. The molecule has 2 aliphatic rings. The highest BCUT2D eigenvalue weighted by Gasteiger charge is 2.33. The summed E-state index contributed by atoms with van der Waals surface area (Å²) in [6.45, 7) is 2.93. The molecule has 2 aromatic rings. The third-order valence-corrected chi connectivity index (χ3v) is 6.32. The molecule has 1 saturated heterocycles. The molecule has 0 unspecified atom stereocenters. The van der Waals surface area contributed by atoms with Crippen molar-refractivity contribution >= 4 is 27.3 Å². The largest absolute Gasteiger partial charge is 0.391 e. The fourth-order valence-electron chi connectivity index (χ4n) is 3.89. The summed E-state index contributed by atoms with van der Waals surface area (Å²) in [4.78, 5) is 17.5. The summed E-state index contributed by atoms with van der Waals surface area (Å²) < 4.78 is 14.6. The van der Waals surface area contributed by atoms with Crippen LogP contribution in [-0.4, -0.2) is 59.1 Å². The molecule has 0 bridgehead atoms. The van der Waals surface area contributed by atoms with E-state index >= 15 is 0 Å². The fraction of sp³-hybridized carbons (Fsp3) is 0.500. The van der Waals surface area contributed by atoms with Crippen LogP contribution >= 0.6 is 11.3 Å². The highest BCUT2D eigenvalue weighted by molar-refractivity contribution is 7.20. The van der Waals surface area contributed by atoms with E-state index in [4.69, 9.17) is 0 Å². The Bertz CT molecular complexity index is 755. The highest BCUT2D eigenvalue weighted by Crippen LogP contribution is 2.29. The molecular weight excluding hydrogens is 327 g/mol. The van der Waals surface area contributed by atoms with Crippen molar-refractivity contribution in [3.8, 4) is 0 Å². The van der Waals surface area contributed by atoms with Crippen LogP contribution < -0.4 is 0 Å². The Morgan fingerprint density at radius 1 is 1.21 bits per heavy atom. The number of amides is 1. The zero-order chi connectivity index (χ0) is 16.7. The lowest BCUT2D eigenvalue weighted by molar-refractivity contribution is 0.0318. The number of hydrogen-bond acceptors (Lipinski definition) is 4. The monoisotopic (exact) mass is 348 g/mol. The molecule has 1 saturated carbocycles. The molecule has 1 aromatic heterocycles. The van der Waals surface area contributed by atoms with Crippen LogP contribution in [-0.2, 0) is 0 Å². The van der Waals surface area contributed by atoms with E-state index in [1.807, 2.05) is 11.0 Å². The van der Waals surface area contributed by atoms with Crippen molar-refractivity contribution in [1.29, 1.82) is 0 Å². The minimum atomic E-state index is -0.275. The molecular formula is C18H21FN2O2S. The van der Waals surface area contributed by atoms with E-state index in [0.717, 1.165) is 37.1 Å². The molecule has 6 heteroatoms. The average Bonchev–Trinajstić information content (AvgIpc) is 3.21. The number of nitrogens with zero attached hydrogens (tertiary/aromatic N) is 2. The van der Waals surface area contributed by atoms with E-state index in [0.29, 0.717) is 23.4 Å². The van der Waals surface area contributed by atoms with Gasteiger partial charge >= 0.3 is 0 Å². The number of carbonyl (C=O) groups excluding carboxylic acids is 1. The zero-order valence-electron chi connectivity index (χ0n) is 13.4. The summed E-state index contributed by atoms with van der Waals surface area (Å²) in [5, 5.41) is 10.6. The van der Waals surface area contributed by atoms with E-state index < -0.39 is 0 Å². The molecule has 2 fully saturated rings. The van der Waals surface area contributed by atoms with E-state index in [1.54, 1.807) is 12.1 Å². The summed E-state index contributed by atoms with van der Waals surface area (Å²) in [5.41, 5.74) is 0. The van der Waals surface area contributed by atoms with Crippen molar-refractivity contribution in [3.63, 3.8) is 0 Å². The first-order valence-electron chi connectivity index (χ1n) is 8.53. The molecule has 4 nitrogen and oxygen atoms in total.